The zero-order valence-electron chi connectivity index (χ0n) is 10.5. The molecule has 1 atom stereocenters. The number of nitro groups is 1. The zero-order chi connectivity index (χ0) is 13.7. The third-order valence-corrected chi connectivity index (χ3v) is 3.01. The molecule has 0 radical (unpaired) electrons. The van der Waals surface area contributed by atoms with E-state index in [-0.39, 0.29) is 17.5 Å². The SMILES string of the molecule is NNc1ccc(COCC2CCCO2)cc1[N+](=O)[O-]. The van der Waals surface area contributed by atoms with E-state index in [9.17, 15) is 10.1 Å². The molecule has 1 aliphatic rings. The Labute approximate surface area is 110 Å². The molecule has 7 nitrogen and oxygen atoms in total. The Balaban J connectivity index is 1.92. The highest BCUT2D eigenvalue weighted by atomic mass is 16.6. The molecule has 0 saturated carbocycles. The van der Waals surface area contributed by atoms with Crippen molar-refractivity contribution in [1.29, 1.82) is 0 Å². The second kappa shape index (κ2) is 6.46. The molecule has 0 bridgehead atoms. The van der Waals surface area contributed by atoms with Crippen molar-refractivity contribution in [2.24, 2.45) is 5.84 Å². The van der Waals surface area contributed by atoms with Gasteiger partial charge < -0.3 is 14.9 Å². The Morgan fingerprint density at radius 2 is 2.42 bits per heavy atom. The van der Waals surface area contributed by atoms with E-state index in [2.05, 4.69) is 5.43 Å². The van der Waals surface area contributed by atoms with Crippen LogP contribution in [-0.4, -0.2) is 24.2 Å². The van der Waals surface area contributed by atoms with Gasteiger partial charge >= 0.3 is 0 Å². The molecule has 7 heteroatoms. The monoisotopic (exact) mass is 267 g/mol. The number of rotatable bonds is 6. The lowest BCUT2D eigenvalue weighted by atomic mass is 10.2. The maximum Gasteiger partial charge on any atom is 0.294 e. The normalized spacial score (nSPS) is 18.5. The molecule has 1 fully saturated rings. The third-order valence-electron chi connectivity index (χ3n) is 3.01. The Hall–Kier alpha value is -1.70. The van der Waals surface area contributed by atoms with Crippen molar-refractivity contribution in [2.75, 3.05) is 18.6 Å². The summed E-state index contributed by atoms with van der Waals surface area (Å²) in [5, 5.41) is 10.9. The number of nitrogen functional groups attached to an aromatic ring is 1. The number of nitrogens with zero attached hydrogens (tertiary/aromatic N) is 1. The Bertz CT molecular complexity index is 447. The number of nitro benzene ring substituents is 1. The van der Waals surface area contributed by atoms with Crippen molar-refractivity contribution in [1.82, 2.24) is 0 Å². The number of hydrazine groups is 1. The summed E-state index contributed by atoms with van der Waals surface area (Å²) in [5.41, 5.74) is 3.27. The summed E-state index contributed by atoms with van der Waals surface area (Å²) in [6.07, 6.45) is 2.23. The zero-order valence-corrected chi connectivity index (χ0v) is 10.5. The summed E-state index contributed by atoms with van der Waals surface area (Å²) in [6, 6.07) is 4.78. The predicted molar refractivity (Wildman–Crippen MR) is 69.5 cm³/mol. The first-order valence-corrected chi connectivity index (χ1v) is 6.14. The van der Waals surface area contributed by atoms with Gasteiger partial charge in [0.15, 0.2) is 0 Å². The first-order valence-electron chi connectivity index (χ1n) is 6.14. The number of nitrogens with two attached hydrogens (primary N) is 1. The highest BCUT2D eigenvalue weighted by molar-refractivity contribution is 5.61. The minimum Gasteiger partial charge on any atom is -0.376 e. The van der Waals surface area contributed by atoms with Crippen LogP contribution in [0.15, 0.2) is 18.2 Å². The molecule has 0 aromatic heterocycles. The fraction of sp³-hybridized carbons (Fsp3) is 0.500. The van der Waals surface area contributed by atoms with E-state index in [4.69, 9.17) is 15.3 Å². The third kappa shape index (κ3) is 3.63. The molecular weight excluding hydrogens is 250 g/mol. The van der Waals surface area contributed by atoms with E-state index in [1.54, 1.807) is 12.1 Å². The molecule has 0 spiro atoms. The fourth-order valence-electron chi connectivity index (χ4n) is 2.02. The van der Waals surface area contributed by atoms with Gasteiger partial charge in [-0.15, -0.1) is 0 Å². The van der Waals surface area contributed by atoms with E-state index in [1.165, 1.54) is 6.07 Å². The van der Waals surface area contributed by atoms with Crippen molar-refractivity contribution in [3.05, 3.63) is 33.9 Å². The second-order valence-electron chi connectivity index (χ2n) is 4.40. The molecule has 1 aromatic rings. The molecule has 3 N–H and O–H groups in total. The van der Waals surface area contributed by atoms with Crippen LogP contribution in [0.1, 0.15) is 18.4 Å². The van der Waals surface area contributed by atoms with Crippen LogP contribution in [0.5, 0.6) is 0 Å². The molecule has 1 heterocycles. The molecule has 0 aliphatic carbocycles. The van der Waals surface area contributed by atoms with Crippen LogP contribution in [0.2, 0.25) is 0 Å². The van der Waals surface area contributed by atoms with Crippen LogP contribution >= 0.6 is 0 Å². The average Bonchev–Trinajstić information content (AvgIpc) is 2.91. The van der Waals surface area contributed by atoms with Gasteiger partial charge in [-0.3, -0.25) is 16.0 Å². The number of hydrogen-bond acceptors (Lipinski definition) is 6. The fourth-order valence-corrected chi connectivity index (χ4v) is 2.02. The van der Waals surface area contributed by atoms with E-state index in [1.807, 2.05) is 0 Å². The van der Waals surface area contributed by atoms with Gasteiger partial charge in [-0.25, -0.2) is 0 Å². The van der Waals surface area contributed by atoms with Gasteiger partial charge in [-0.05, 0) is 24.5 Å². The second-order valence-corrected chi connectivity index (χ2v) is 4.40. The van der Waals surface area contributed by atoms with Crippen LogP contribution in [0.4, 0.5) is 11.4 Å². The van der Waals surface area contributed by atoms with Gasteiger partial charge in [-0.1, -0.05) is 6.07 Å². The molecular formula is C12H17N3O4. The summed E-state index contributed by atoms with van der Waals surface area (Å²) < 4.78 is 10.9. The number of benzene rings is 1. The van der Waals surface area contributed by atoms with E-state index < -0.39 is 4.92 Å². The van der Waals surface area contributed by atoms with Crippen molar-refractivity contribution in [2.45, 2.75) is 25.6 Å². The number of hydrogen-bond donors (Lipinski definition) is 2. The first-order chi connectivity index (χ1) is 9.20. The smallest absolute Gasteiger partial charge is 0.294 e. The molecule has 1 saturated heterocycles. The van der Waals surface area contributed by atoms with Gasteiger partial charge in [0.2, 0.25) is 0 Å². The lowest BCUT2D eigenvalue weighted by Gasteiger charge is -2.10. The first kappa shape index (κ1) is 13.7. The van der Waals surface area contributed by atoms with E-state index in [0.29, 0.717) is 13.2 Å². The average molecular weight is 267 g/mol. The summed E-state index contributed by atoms with van der Waals surface area (Å²) >= 11 is 0. The minimum atomic E-state index is -0.473. The van der Waals surface area contributed by atoms with Gasteiger partial charge in [0.25, 0.3) is 5.69 Å². The Kier molecular flexibility index (Phi) is 4.67. The highest BCUT2D eigenvalue weighted by Gasteiger charge is 2.16. The summed E-state index contributed by atoms with van der Waals surface area (Å²) in [4.78, 5) is 10.4. The molecule has 1 aromatic carbocycles. The quantitative estimate of drug-likeness (QED) is 0.461. The Morgan fingerprint density at radius 3 is 3.05 bits per heavy atom. The van der Waals surface area contributed by atoms with Crippen LogP contribution < -0.4 is 11.3 Å². The van der Waals surface area contributed by atoms with Crippen molar-refractivity contribution in [3.8, 4) is 0 Å². The van der Waals surface area contributed by atoms with Crippen LogP contribution in [0, 0.1) is 10.1 Å². The number of nitrogens with one attached hydrogen (secondary N) is 1. The molecule has 2 rings (SSSR count). The topological polar surface area (TPSA) is 99.7 Å². The molecule has 0 amide bonds. The molecule has 1 unspecified atom stereocenters. The number of anilines is 1. The van der Waals surface area contributed by atoms with E-state index in [0.717, 1.165) is 25.0 Å². The summed E-state index contributed by atoms with van der Waals surface area (Å²) in [5.74, 6) is 5.22. The van der Waals surface area contributed by atoms with Gasteiger partial charge in [-0.2, -0.15) is 0 Å². The maximum atomic E-state index is 10.9. The lowest BCUT2D eigenvalue weighted by Crippen LogP contribution is -2.14. The predicted octanol–water partition coefficient (Wildman–Crippen LogP) is 1.58. The molecule has 1 aliphatic heterocycles. The largest absolute Gasteiger partial charge is 0.376 e. The summed E-state index contributed by atoms with van der Waals surface area (Å²) in [6.45, 7) is 1.63. The van der Waals surface area contributed by atoms with Crippen molar-refractivity contribution >= 4 is 11.4 Å². The van der Waals surface area contributed by atoms with Gasteiger partial charge in [0.05, 0.1) is 24.2 Å². The molecule has 19 heavy (non-hydrogen) atoms. The summed E-state index contributed by atoms with van der Waals surface area (Å²) in [7, 11) is 0. The van der Waals surface area contributed by atoms with E-state index >= 15 is 0 Å². The Morgan fingerprint density at radius 1 is 1.58 bits per heavy atom. The van der Waals surface area contributed by atoms with Gasteiger partial charge in [0.1, 0.15) is 5.69 Å². The van der Waals surface area contributed by atoms with Crippen LogP contribution in [0.25, 0.3) is 0 Å². The lowest BCUT2D eigenvalue weighted by molar-refractivity contribution is -0.384. The standard InChI is InChI=1S/C12H17N3O4/c13-14-11-4-3-9(6-12(11)15(16)17)7-18-8-10-2-1-5-19-10/h3-4,6,10,14H,1-2,5,7-8,13H2. The number of ether oxygens (including phenoxy) is 2. The van der Waals surface area contributed by atoms with Crippen LogP contribution in [-0.2, 0) is 16.1 Å². The van der Waals surface area contributed by atoms with Crippen molar-refractivity contribution in [3.63, 3.8) is 0 Å². The van der Waals surface area contributed by atoms with Crippen LogP contribution in [0.3, 0.4) is 0 Å². The van der Waals surface area contributed by atoms with Gasteiger partial charge in [0, 0.05) is 12.7 Å². The minimum absolute atomic E-state index is 0.0549. The molecule has 104 valence electrons. The highest BCUT2D eigenvalue weighted by Crippen LogP contribution is 2.25. The maximum absolute atomic E-state index is 10.9. The van der Waals surface area contributed by atoms with Crippen molar-refractivity contribution < 1.29 is 14.4 Å².